The van der Waals surface area contributed by atoms with Crippen LogP contribution in [0.25, 0.3) is 0 Å². The van der Waals surface area contributed by atoms with Crippen LogP contribution < -0.4 is 0 Å². The fraction of sp³-hybridized carbons (Fsp3) is 0.286. The number of rotatable bonds is 5. The summed E-state index contributed by atoms with van der Waals surface area (Å²) in [5.74, 6) is -1.87. The summed E-state index contributed by atoms with van der Waals surface area (Å²) in [4.78, 5) is 1.04. The molecule has 136 valence electrons. The van der Waals surface area contributed by atoms with Crippen molar-refractivity contribution in [1.29, 1.82) is 0 Å². The van der Waals surface area contributed by atoms with Crippen LogP contribution in [0.1, 0.15) is 11.7 Å². The molecule has 1 aromatic carbocycles. The first kappa shape index (κ1) is 16.7. The average Bonchev–Trinajstić information content (AvgIpc) is 3.17. The molecule has 1 aliphatic rings. The number of sulfonamides is 1. The van der Waals surface area contributed by atoms with Gasteiger partial charge in [0.25, 0.3) is 0 Å². The molecule has 1 saturated heterocycles. The van der Waals surface area contributed by atoms with Crippen molar-refractivity contribution in [2.75, 3.05) is 13.1 Å². The molecule has 0 amide bonds. The number of hydrogen-bond donors (Lipinski definition) is 0. The SMILES string of the molecule is O=S(=O)(c1cc(F)cc(F)c1)N1CC(n2cc(Cn3nccn3)nn2)C1. The van der Waals surface area contributed by atoms with Crippen molar-refractivity contribution in [2.45, 2.75) is 17.5 Å². The highest BCUT2D eigenvalue weighted by atomic mass is 32.2. The van der Waals surface area contributed by atoms with Gasteiger partial charge >= 0.3 is 0 Å². The zero-order valence-electron chi connectivity index (χ0n) is 13.3. The maximum absolute atomic E-state index is 13.3. The van der Waals surface area contributed by atoms with Crippen molar-refractivity contribution in [3.8, 4) is 0 Å². The van der Waals surface area contributed by atoms with Gasteiger partial charge in [-0.3, -0.25) is 0 Å². The Labute approximate surface area is 146 Å². The van der Waals surface area contributed by atoms with Crippen LogP contribution in [0.5, 0.6) is 0 Å². The highest BCUT2D eigenvalue weighted by molar-refractivity contribution is 7.89. The van der Waals surface area contributed by atoms with Crippen molar-refractivity contribution >= 4 is 10.0 Å². The van der Waals surface area contributed by atoms with E-state index in [1.165, 1.54) is 4.80 Å². The summed E-state index contributed by atoms with van der Waals surface area (Å²) in [5.41, 5.74) is 0.634. The monoisotopic (exact) mass is 381 g/mol. The molecule has 2 aromatic heterocycles. The van der Waals surface area contributed by atoms with E-state index >= 15 is 0 Å². The minimum absolute atomic E-state index is 0.142. The predicted octanol–water partition coefficient (Wildman–Crippen LogP) is 0.442. The zero-order valence-corrected chi connectivity index (χ0v) is 14.1. The molecular weight excluding hydrogens is 368 g/mol. The fourth-order valence-corrected chi connectivity index (χ4v) is 4.20. The molecule has 0 N–H and O–H groups in total. The third-order valence-electron chi connectivity index (χ3n) is 4.00. The molecule has 26 heavy (non-hydrogen) atoms. The minimum atomic E-state index is -3.95. The van der Waals surface area contributed by atoms with Crippen molar-refractivity contribution in [3.05, 3.63) is 54.1 Å². The molecule has 4 rings (SSSR count). The average molecular weight is 381 g/mol. The van der Waals surface area contributed by atoms with E-state index in [0.29, 0.717) is 18.3 Å². The molecule has 0 bridgehead atoms. The topological polar surface area (TPSA) is 98.8 Å². The number of benzene rings is 1. The Kier molecular flexibility index (Phi) is 4.00. The van der Waals surface area contributed by atoms with Crippen molar-refractivity contribution in [2.24, 2.45) is 0 Å². The van der Waals surface area contributed by atoms with Crippen LogP contribution in [0.4, 0.5) is 8.78 Å². The van der Waals surface area contributed by atoms with Crippen LogP contribution in [0.15, 0.2) is 41.7 Å². The fourth-order valence-electron chi connectivity index (χ4n) is 2.64. The highest BCUT2D eigenvalue weighted by Crippen LogP contribution is 2.28. The van der Waals surface area contributed by atoms with Crippen LogP contribution in [0, 0.1) is 11.6 Å². The Morgan fingerprint density at radius 3 is 2.38 bits per heavy atom. The van der Waals surface area contributed by atoms with Gasteiger partial charge in [-0.1, -0.05) is 5.21 Å². The summed E-state index contributed by atoms with van der Waals surface area (Å²) in [6, 6.07) is 2.03. The number of halogens is 2. The second-order valence-corrected chi connectivity index (χ2v) is 7.77. The van der Waals surface area contributed by atoms with Crippen LogP contribution >= 0.6 is 0 Å². The second-order valence-electron chi connectivity index (χ2n) is 5.83. The summed E-state index contributed by atoms with van der Waals surface area (Å²) in [5, 5.41) is 15.9. The van der Waals surface area contributed by atoms with Gasteiger partial charge in [-0.25, -0.2) is 21.9 Å². The van der Waals surface area contributed by atoms with Crippen LogP contribution in [-0.2, 0) is 16.6 Å². The first-order chi connectivity index (χ1) is 12.4. The lowest BCUT2D eigenvalue weighted by molar-refractivity contribution is 0.188. The lowest BCUT2D eigenvalue weighted by Gasteiger charge is -2.37. The third kappa shape index (κ3) is 3.08. The van der Waals surface area contributed by atoms with Crippen LogP contribution in [0.3, 0.4) is 0 Å². The quantitative estimate of drug-likeness (QED) is 0.636. The highest BCUT2D eigenvalue weighted by Gasteiger charge is 2.38. The molecule has 1 fully saturated rings. The number of aromatic nitrogens is 6. The van der Waals surface area contributed by atoms with Gasteiger partial charge in [-0.05, 0) is 12.1 Å². The molecule has 0 saturated carbocycles. The molecule has 0 atom stereocenters. The molecule has 3 heterocycles. The molecule has 12 heteroatoms. The van der Waals surface area contributed by atoms with Crippen LogP contribution in [-0.4, -0.2) is 55.8 Å². The summed E-state index contributed by atoms with van der Waals surface area (Å²) >= 11 is 0. The second kappa shape index (κ2) is 6.21. The van der Waals surface area contributed by atoms with E-state index in [4.69, 9.17) is 0 Å². The summed E-state index contributed by atoms with van der Waals surface area (Å²) in [6.45, 7) is 0.636. The zero-order chi connectivity index (χ0) is 18.3. The maximum Gasteiger partial charge on any atom is 0.243 e. The number of hydrogen-bond acceptors (Lipinski definition) is 6. The van der Waals surface area contributed by atoms with Gasteiger partial charge < -0.3 is 0 Å². The molecular formula is C14H13F2N7O2S. The van der Waals surface area contributed by atoms with E-state index in [1.54, 1.807) is 23.3 Å². The predicted molar refractivity (Wildman–Crippen MR) is 83.3 cm³/mol. The Hall–Kier alpha value is -2.73. The molecule has 0 spiro atoms. The lowest BCUT2D eigenvalue weighted by Crippen LogP contribution is -2.50. The molecule has 3 aromatic rings. The van der Waals surface area contributed by atoms with Crippen molar-refractivity contribution < 1.29 is 17.2 Å². The molecule has 9 nitrogen and oxygen atoms in total. The molecule has 0 radical (unpaired) electrons. The van der Waals surface area contributed by atoms with E-state index in [1.807, 2.05) is 0 Å². The maximum atomic E-state index is 13.3. The van der Waals surface area contributed by atoms with E-state index < -0.39 is 26.6 Å². The van der Waals surface area contributed by atoms with Crippen molar-refractivity contribution in [1.82, 2.24) is 34.3 Å². The summed E-state index contributed by atoms with van der Waals surface area (Å²) in [7, 11) is -3.95. The Morgan fingerprint density at radius 1 is 1.08 bits per heavy atom. The largest absolute Gasteiger partial charge is 0.246 e. The third-order valence-corrected chi connectivity index (χ3v) is 5.81. The Bertz CT molecular complexity index is 1010. The normalized spacial score (nSPS) is 15.9. The van der Waals surface area contributed by atoms with Gasteiger partial charge in [0.15, 0.2) is 0 Å². The molecule has 1 aliphatic heterocycles. The van der Waals surface area contributed by atoms with Gasteiger partial charge in [0.2, 0.25) is 10.0 Å². The van der Waals surface area contributed by atoms with Gasteiger partial charge in [-0.15, -0.1) is 5.10 Å². The summed E-state index contributed by atoms with van der Waals surface area (Å²) < 4.78 is 54.2. The first-order valence-electron chi connectivity index (χ1n) is 7.63. The molecule has 0 unspecified atom stereocenters. The van der Waals surface area contributed by atoms with E-state index in [2.05, 4.69) is 20.5 Å². The van der Waals surface area contributed by atoms with Gasteiger partial charge in [0.1, 0.15) is 23.9 Å². The number of nitrogens with zero attached hydrogens (tertiary/aromatic N) is 7. The first-order valence-corrected chi connectivity index (χ1v) is 9.07. The minimum Gasteiger partial charge on any atom is -0.246 e. The van der Waals surface area contributed by atoms with E-state index in [-0.39, 0.29) is 19.1 Å². The van der Waals surface area contributed by atoms with Crippen LogP contribution in [0.2, 0.25) is 0 Å². The van der Waals surface area contributed by atoms with Gasteiger partial charge in [0, 0.05) is 19.2 Å². The van der Waals surface area contributed by atoms with E-state index in [0.717, 1.165) is 16.4 Å². The molecule has 0 aliphatic carbocycles. The lowest BCUT2D eigenvalue weighted by atomic mass is 10.2. The van der Waals surface area contributed by atoms with E-state index in [9.17, 15) is 17.2 Å². The standard InChI is InChI=1S/C14H13F2N7O2S/c15-10-3-11(16)5-14(4-10)26(24,25)21-8-13(9-21)22-6-12(19-20-22)7-23-17-1-2-18-23/h1-6,13H,7-9H2. The van der Waals surface area contributed by atoms with Gasteiger partial charge in [-0.2, -0.15) is 19.3 Å². The Morgan fingerprint density at radius 2 is 1.73 bits per heavy atom. The Balaban J connectivity index is 1.44. The van der Waals surface area contributed by atoms with Gasteiger partial charge in [0.05, 0.1) is 29.5 Å². The smallest absolute Gasteiger partial charge is 0.243 e. The summed E-state index contributed by atoms with van der Waals surface area (Å²) in [6.07, 6.45) is 4.79. The van der Waals surface area contributed by atoms with Crippen molar-refractivity contribution in [3.63, 3.8) is 0 Å².